The Labute approximate surface area is 99.3 Å². The summed E-state index contributed by atoms with van der Waals surface area (Å²) in [6.07, 6.45) is 1.44. The number of fused-ring (bicyclic) bond motifs is 1. The largest absolute Gasteiger partial charge is 0.507 e. The molecule has 2 aromatic carbocycles. The van der Waals surface area contributed by atoms with Crippen molar-refractivity contribution in [2.75, 3.05) is 7.11 Å². The minimum atomic E-state index is -0.818. The van der Waals surface area contributed by atoms with E-state index in [4.69, 9.17) is 4.74 Å². The van der Waals surface area contributed by atoms with Gasteiger partial charge in [0.05, 0.1) is 12.7 Å². The van der Waals surface area contributed by atoms with Crippen molar-refractivity contribution in [2.24, 2.45) is 0 Å². The highest BCUT2D eigenvalue weighted by molar-refractivity contribution is 5.94. The summed E-state index contributed by atoms with van der Waals surface area (Å²) >= 11 is 0. The van der Waals surface area contributed by atoms with Crippen molar-refractivity contribution in [1.29, 1.82) is 0 Å². The van der Waals surface area contributed by atoms with Crippen molar-refractivity contribution in [3.05, 3.63) is 35.9 Å². The Hall–Kier alpha value is -1.74. The number of hydrogen-bond acceptors (Lipinski definition) is 3. The predicted octanol–water partition coefficient (Wildman–Crippen LogP) is 2.54. The van der Waals surface area contributed by atoms with Crippen LogP contribution in [0.3, 0.4) is 0 Å². The van der Waals surface area contributed by atoms with Crippen LogP contribution in [0.2, 0.25) is 0 Å². The number of ether oxygens (including phenoxy) is 1. The minimum Gasteiger partial charge on any atom is -0.507 e. The molecule has 1 aliphatic carbocycles. The molecule has 0 unspecified atom stereocenters. The first-order valence-electron chi connectivity index (χ1n) is 5.67. The highest BCUT2D eigenvalue weighted by Gasteiger charge is 2.44. The molecular formula is C14H14O3. The number of phenols is 1. The smallest absolute Gasteiger partial charge is 0.129 e. The van der Waals surface area contributed by atoms with Crippen LogP contribution in [0.1, 0.15) is 18.4 Å². The Morgan fingerprint density at radius 2 is 1.88 bits per heavy atom. The van der Waals surface area contributed by atoms with E-state index in [0.717, 1.165) is 29.4 Å². The van der Waals surface area contributed by atoms with Gasteiger partial charge in [0.15, 0.2) is 0 Å². The molecule has 3 heteroatoms. The van der Waals surface area contributed by atoms with Crippen molar-refractivity contribution < 1.29 is 14.9 Å². The van der Waals surface area contributed by atoms with Gasteiger partial charge in [-0.05, 0) is 25.0 Å². The zero-order valence-corrected chi connectivity index (χ0v) is 9.60. The zero-order chi connectivity index (χ0) is 12.0. The maximum Gasteiger partial charge on any atom is 0.129 e. The summed E-state index contributed by atoms with van der Waals surface area (Å²) in [6.45, 7) is 0. The molecule has 1 aliphatic rings. The summed E-state index contributed by atoms with van der Waals surface area (Å²) in [5.41, 5.74) is -0.195. The van der Waals surface area contributed by atoms with Crippen LogP contribution in [-0.4, -0.2) is 17.3 Å². The van der Waals surface area contributed by atoms with Gasteiger partial charge in [0, 0.05) is 16.3 Å². The number of methoxy groups -OCH3 is 1. The molecule has 0 heterocycles. The SMILES string of the molecule is COc1cccc2c(O)c(C3(O)CC3)ccc12. The third-order valence-corrected chi connectivity index (χ3v) is 3.44. The first kappa shape index (κ1) is 10.4. The Bertz CT molecular complexity index is 585. The van der Waals surface area contributed by atoms with E-state index >= 15 is 0 Å². The number of rotatable bonds is 2. The summed E-state index contributed by atoms with van der Waals surface area (Å²) in [4.78, 5) is 0. The Kier molecular flexibility index (Phi) is 2.07. The summed E-state index contributed by atoms with van der Waals surface area (Å²) in [5, 5.41) is 21.9. The van der Waals surface area contributed by atoms with Gasteiger partial charge in [-0.25, -0.2) is 0 Å². The molecule has 0 spiro atoms. The molecule has 0 amide bonds. The molecule has 1 saturated carbocycles. The average molecular weight is 230 g/mol. The fourth-order valence-electron chi connectivity index (χ4n) is 2.25. The summed E-state index contributed by atoms with van der Waals surface area (Å²) in [7, 11) is 1.61. The number of hydrogen-bond donors (Lipinski definition) is 2. The molecule has 88 valence electrons. The van der Waals surface area contributed by atoms with Crippen molar-refractivity contribution in [2.45, 2.75) is 18.4 Å². The lowest BCUT2D eigenvalue weighted by Gasteiger charge is -2.13. The molecule has 0 saturated heterocycles. The Balaban J connectivity index is 2.28. The molecule has 2 N–H and O–H groups in total. The topological polar surface area (TPSA) is 49.7 Å². The third-order valence-electron chi connectivity index (χ3n) is 3.44. The van der Waals surface area contributed by atoms with E-state index in [1.165, 1.54) is 0 Å². The molecule has 2 aromatic rings. The molecule has 3 nitrogen and oxygen atoms in total. The van der Waals surface area contributed by atoms with Gasteiger partial charge in [0.25, 0.3) is 0 Å². The van der Waals surface area contributed by atoms with E-state index < -0.39 is 5.60 Å². The lowest BCUT2D eigenvalue weighted by Crippen LogP contribution is -2.04. The molecular weight excluding hydrogens is 216 g/mol. The molecule has 3 rings (SSSR count). The van der Waals surface area contributed by atoms with Gasteiger partial charge >= 0.3 is 0 Å². The number of aliphatic hydroxyl groups is 1. The average Bonchev–Trinajstić information content (AvgIpc) is 3.08. The van der Waals surface area contributed by atoms with Gasteiger partial charge in [-0.15, -0.1) is 0 Å². The molecule has 1 fully saturated rings. The normalized spacial score (nSPS) is 17.1. The highest BCUT2D eigenvalue weighted by Crippen LogP contribution is 2.50. The second kappa shape index (κ2) is 3.37. The van der Waals surface area contributed by atoms with Gasteiger partial charge in [-0.3, -0.25) is 0 Å². The maximum atomic E-state index is 10.2. The van der Waals surface area contributed by atoms with Crippen LogP contribution < -0.4 is 4.74 Å². The van der Waals surface area contributed by atoms with Crippen molar-refractivity contribution >= 4 is 10.8 Å². The van der Waals surface area contributed by atoms with Crippen LogP contribution in [-0.2, 0) is 5.60 Å². The van der Waals surface area contributed by atoms with Crippen LogP contribution >= 0.6 is 0 Å². The van der Waals surface area contributed by atoms with Crippen molar-refractivity contribution in [3.63, 3.8) is 0 Å². The lowest BCUT2D eigenvalue weighted by molar-refractivity contribution is 0.148. The number of aromatic hydroxyl groups is 1. The standard InChI is InChI=1S/C14H14O3/c1-17-12-4-2-3-10-9(12)5-6-11(13(10)15)14(16)7-8-14/h2-6,15-16H,7-8H2,1H3. The second-order valence-corrected chi connectivity index (χ2v) is 4.55. The van der Waals surface area contributed by atoms with Crippen LogP contribution in [0.4, 0.5) is 0 Å². The quantitative estimate of drug-likeness (QED) is 0.833. The fourth-order valence-corrected chi connectivity index (χ4v) is 2.25. The van der Waals surface area contributed by atoms with E-state index in [9.17, 15) is 10.2 Å². The first-order valence-corrected chi connectivity index (χ1v) is 5.67. The minimum absolute atomic E-state index is 0.168. The molecule has 0 aromatic heterocycles. The van der Waals surface area contributed by atoms with E-state index in [1.54, 1.807) is 13.2 Å². The first-order chi connectivity index (χ1) is 8.15. The van der Waals surface area contributed by atoms with Crippen LogP contribution in [0.25, 0.3) is 10.8 Å². The monoisotopic (exact) mass is 230 g/mol. The summed E-state index contributed by atoms with van der Waals surface area (Å²) in [5.74, 6) is 0.897. The zero-order valence-electron chi connectivity index (χ0n) is 9.60. The predicted molar refractivity (Wildman–Crippen MR) is 65.3 cm³/mol. The molecule has 0 aliphatic heterocycles. The van der Waals surface area contributed by atoms with Crippen LogP contribution in [0.5, 0.6) is 11.5 Å². The number of phenolic OH excluding ortho intramolecular Hbond substituents is 1. The van der Waals surface area contributed by atoms with E-state index in [-0.39, 0.29) is 5.75 Å². The molecule has 17 heavy (non-hydrogen) atoms. The Morgan fingerprint density at radius 1 is 1.12 bits per heavy atom. The molecule has 0 radical (unpaired) electrons. The van der Waals surface area contributed by atoms with Crippen LogP contribution in [0.15, 0.2) is 30.3 Å². The second-order valence-electron chi connectivity index (χ2n) is 4.55. The van der Waals surface area contributed by atoms with Crippen molar-refractivity contribution in [3.8, 4) is 11.5 Å². The van der Waals surface area contributed by atoms with E-state index in [1.807, 2.05) is 24.3 Å². The highest BCUT2D eigenvalue weighted by atomic mass is 16.5. The third kappa shape index (κ3) is 1.46. The van der Waals surface area contributed by atoms with E-state index in [2.05, 4.69) is 0 Å². The van der Waals surface area contributed by atoms with Crippen LogP contribution in [0, 0.1) is 0 Å². The van der Waals surface area contributed by atoms with E-state index in [0.29, 0.717) is 5.56 Å². The summed E-state index contributed by atoms with van der Waals surface area (Å²) < 4.78 is 5.25. The fraction of sp³-hybridized carbons (Fsp3) is 0.286. The molecule has 0 atom stereocenters. The lowest BCUT2D eigenvalue weighted by atomic mass is 10.00. The molecule has 0 bridgehead atoms. The van der Waals surface area contributed by atoms with Gasteiger partial charge in [0.1, 0.15) is 11.5 Å². The van der Waals surface area contributed by atoms with Gasteiger partial charge < -0.3 is 14.9 Å². The summed E-state index contributed by atoms with van der Waals surface area (Å²) in [6, 6.07) is 9.20. The Morgan fingerprint density at radius 3 is 2.53 bits per heavy atom. The maximum absolute atomic E-state index is 10.2. The van der Waals surface area contributed by atoms with Gasteiger partial charge in [-0.2, -0.15) is 0 Å². The number of benzene rings is 2. The van der Waals surface area contributed by atoms with Gasteiger partial charge in [0.2, 0.25) is 0 Å². The van der Waals surface area contributed by atoms with Gasteiger partial charge in [-0.1, -0.05) is 18.2 Å². The van der Waals surface area contributed by atoms with Crippen molar-refractivity contribution in [1.82, 2.24) is 0 Å².